The van der Waals surface area contributed by atoms with Crippen LogP contribution >= 0.6 is 0 Å². The molecule has 5 N–H and O–H groups in total. The van der Waals surface area contributed by atoms with Crippen LogP contribution in [0.3, 0.4) is 0 Å². The quantitative estimate of drug-likeness (QED) is 0.218. The summed E-state index contributed by atoms with van der Waals surface area (Å²) in [5.41, 5.74) is 16.6. The molecule has 2 heterocycles. The molecule has 0 bridgehead atoms. The van der Waals surface area contributed by atoms with Crippen molar-refractivity contribution in [1.29, 1.82) is 0 Å². The lowest BCUT2D eigenvalue weighted by atomic mass is 9.90. The summed E-state index contributed by atoms with van der Waals surface area (Å²) < 4.78 is 27.1. The molecule has 0 saturated carbocycles. The predicted octanol–water partition coefficient (Wildman–Crippen LogP) is 6.08. The summed E-state index contributed by atoms with van der Waals surface area (Å²) in [7, 11) is 1.62. The number of imidazole rings is 1. The average Bonchev–Trinajstić information content (AvgIpc) is 3.40. The Morgan fingerprint density at radius 3 is 2.63 bits per heavy atom. The number of nitrogens with zero attached hydrogens (tertiary/aromatic N) is 2. The number of ether oxygens (including phenoxy) is 2. The summed E-state index contributed by atoms with van der Waals surface area (Å²) in [5.74, 6) is 0.630. The Bertz CT molecular complexity index is 1610. The molecule has 1 atom stereocenters. The second-order valence-corrected chi connectivity index (χ2v) is 9.04. The van der Waals surface area contributed by atoms with Crippen LogP contribution in [0.25, 0.3) is 22.0 Å². The van der Waals surface area contributed by atoms with Gasteiger partial charge in [-0.05, 0) is 66.8 Å². The maximum atomic E-state index is 16.0. The van der Waals surface area contributed by atoms with Crippen molar-refractivity contribution in [3.8, 4) is 22.8 Å². The first-order valence-corrected chi connectivity index (χ1v) is 12.5. The molecule has 8 heteroatoms. The van der Waals surface area contributed by atoms with Crippen LogP contribution in [-0.4, -0.2) is 28.7 Å². The molecule has 5 aromatic rings. The first kappa shape index (κ1) is 25.1. The van der Waals surface area contributed by atoms with Crippen molar-refractivity contribution in [3.05, 3.63) is 95.3 Å². The Morgan fingerprint density at radius 1 is 1.03 bits per heavy atom. The van der Waals surface area contributed by atoms with Crippen LogP contribution in [-0.2, 0) is 6.42 Å². The van der Waals surface area contributed by atoms with Crippen LogP contribution in [0.5, 0.6) is 11.5 Å². The van der Waals surface area contributed by atoms with Crippen LogP contribution in [0.4, 0.5) is 15.9 Å². The van der Waals surface area contributed by atoms with Crippen molar-refractivity contribution >= 4 is 22.3 Å². The summed E-state index contributed by atoms with van der Waals surface area (Å²) >= 11 is 0. The minimum atomic E-state index is -0.687. The number of rotatable bonds is 8. The second kappa shape index (κ2) is 10.4. The third-order valence-corrected chi connectivity index (χ3v) is 6.60. The fourth-order valence-corrected chi connectivity index (χ4v) is 4.69. The van der Waals surface area contributed by atoms with Gasteiger partial charge in [0.2, 0.25) is 0 Å². The minimum Gasteiger partial charge on any atom is -0.497 e. The van der Waals surface area contributed by atoms with E-state index in [1.54, 1.807) is 25.4 Å². The molecule has 1 unspecified atom stereocenters. The summed E-state index contributed by atoms with van der Waals surface area (Å²) in [6, 6.07) is 18.6. The number of nitrogen functional groups attached to an aromatic ring is 2. The summed E-state index contributed by atoms with van der Waals surface area (Å²) in [6.45, 7) is 4.19. The fraction of sp³-hybridized carbons (Fsp3) is 0.200. The zero-order valence-corrected chi connectivity index (χ0v) is 21.6. The molecule has 0 saturated heterocycles. The van der Waals surface area contributed by atoms with Crippen molar-refractivity contribution in [2.75, 3.05) is 25.2 Å². The molecular weight excluding hydrogens is 481 g/mol. The van der Waals surface area contributed by atoms with Gasteiger partial charge in [0.1, 0.15) is 17.4 Å². The molecule has 5 rings (SSSR count). The number of pyridine rings is 1. The molecule has 194 valence electrons. The number of benzene rings is 3. The molecule has 0 aliphatic heterocycles. The summed E-state index contributed by atoms with van der Waals surface area (Å²) in [5, 5.41) is 1.59. The van der Waals surface area contributed by atoms with Crippen molar-refractivity contribution < 1.29 is 13.9 Å². The number of methoxy groups -OCH3 is 1. The standard InChI is InChI=1S/C30H30FN5O2/c1-4-17-11-23(28(31)26(12-17)38-5-2)27(24-15-19-13-20(32)9-10-22(19)29(33)35-24)30-34-16-25(36-30)18-7-6-8-21(14-18)37-3/h6-16,27H,4-5,32H2,1-3H3,(H2,33,35)(H,34,36). The molecule has 0 aliphatic carbocycles. The maximum absolute atomic E-state index is 16.0. The van der Waals surface area contributed by atoms with E-state index in [9.17, 15) is 0 Å². The number of hydrogen-bond acceptors (Lipinski definition) is 6. The van der Waals surface area contributed by atoms with Crippen LogP contribution in [0, 0.1) is 5.82 Å². The number of nitrogens with two attached hydrogens (primary N) is 2. The number of nitrogens with one attached hydrogen (secondary N) is 1. The topological polar surface area (TPSA) is 112 Å². The molecule has 0 amide bonds. The van der Waals surface area contributed by atoms with E-state index in [-0.39, 0.29) is 5.75 Å². The Morgan fingerprint density at radius 2 is 1.87 bits per heavy atom. The van der Waals surface area contributed by atoms with Crippen LogP contribution < -0.4 is 20.9 Å². The molecule has 0 aliphatic rings. The van der Waals surface area contributed by atoms with E-state index in [0.717, 1.165) is 33.3 Å². The second-order valence-electron chi connectivity index (χ2n) is 9.04. The average molecular weight is 512 g/mol. The molecule has 0 fully saturated rings. The van der Waals surface area contributed by atoms with Crippen molar-refractivity contribution in [2.24, 2.45) is 0 Å². The van der Waals surface area contributed by atoms with E-state index in [0.29, 0.717) is 41.6 Å². The first-order chi connectivity index (χ1) is 18.4. The highest BCUT2D eigenvalue weighted by Gasteiger charge is 2.28. The predicted molar refractivity (Wildman–Crippen MR) is 149 cm³/mol. The molecular formula is C30H30FN5O2. The third-order valence-electron chi connectivity index (χ3n) is 6.60. The van der Waals surface area contributed by atoms with E-state index >= 15 is 4.39 Å². The monoisotopic (exact) mass is 511 g/mol. The molecule has 7 nitrogen and oxygen atoms in total. The number of fused-ring (bicyclic) bond motifs is 1. The smallest absolute Gasteiger partial charge is 0.169 e. The van der Waals surface area contributed by atoms with Gasteiger partial charge in [0.15, 0.2) is 11.6 Å². The number of hydrogen-bond donors (Lipinski definition) is 3. The van der Waals surface area contributed by atoms with Gasteiger partial charge < -0.3 is 25.9 Å². The van der Waals surface area contributed by atoms with Crippen molar-refractivity contribution in [3.63, 3.8) is 0 Å². The molecule has 38 heavy (non-hydrogen) atoms. The molecule has 0 radical (unpaired) electrons. The highest BCUT2D eigenvalue weighted by Crippen LogP contribution is 2.38. The van der Waals surface area contributed by atoms with Gasteiger partial charge in [-0.25, -0.2) is 14.4 Å². The number of aromatic amines is 1. The summed E-state index contributed by atoms with van der Waals surface area (Å²) in [4.78, 5) is 12.8. The Hall–Kier alpha value is -4.59. The van der Waals surface area contributed by atoms with Crippen LogP contribution in [0.1, 0.15) is 42.4 Å². The minimum absolute atomic E-state index is 0.199. The summed E-state index contributed by atoms with van der Waals surface area (Å²) in [6.07, 6.45) is 2.43. The molecule has 0 spiro atoms. The zero-order chi connectivity index (χ0) is 26.8. The van der Waals surface area contributed by atoms with Gasteiger partial charge >= 0.3 is 0 Å². The number of aryl methyl sites for hydroxylation is 1. The normalized spacial score (nSPS) is 12.0. The van der Waals surface area contributed by atoms with Gasteiger partial charge in [-0.15, -0.1) is 0 Å². The molecule has 3 aromatic carbocycles. The highest BCUT2D eigenvalue weighted by molar-refractivity contribution is 5.93. The lowest BCUT2D eigenvalue weighted by molar-refractivity contribution is 0.319. The van der Waals surface area contributed by atoms with E-state index in [2.05, 4.69) is 4.98 Å². The number of aromatic nitrogens is 3. The van der Waals surface area contributed by atoms with Crippen molar-refractivity contribution in [1.82, 2.24) is 15.0 Å². The van der Waals surface area contributed by atoms with Gasteiger partial charge in [0, 0.05) is 22.2 Å². The van der Waals surface area contributed by atoms with E-state index < -0.39 is 11.7 Å². The van der Waals surface area contributed by atoms with E-state index in [4.69, 9.17) is 30.9 Å². The van der Waals surface area contributed by atoms with E-state index in [1.165, 1.54) is 0 Å². The maximum Gasteiger partial charge on any atom is 0.169 e. The van der Waals surface area contributed by atoms with Gasteiger partial charge in [0.05, 0.1) is 37.2 Å². The SMILES string of the molecule is CCOc1cc(CC)cc(C(c2cc3cc(N)ccc3c(N)n2)c2ncc(-c3cccc(OC)c3)[nH]2)c1F. The van der Waals surface area contributed by atoms with Crippen LogP contribution in [0.15, 0.2) is 66.9 Å². The Balaban J connectivity index is 1.74. The van der Waals surface area contributed by atoms with Gasteiger partial charge in [0.25, 0.3) is 0 Å². The highest BCUT2D eigenvalue weighted by atomic mass is 19.1. The first-order valence-electron chi connectivity index (χ1n) is 12.5. The fourth-order valence-electron chi connectivity index (χ4n) is 4.69. The third kappa shape index (κ3) is 4.72. The zero-order valence-electron chi connectivity index (χ0n) is 21.6. The lowest BCUT2D eigenvalue weighted by Gasteiger charge is -2.20. The Labute approximate surface area is 220 Å². The van der Waals surface area contributed by atoms with Gasteiger partial charge in [-0.3, -0.25) is 0 Å². The van der Waals surface area contributed by atoms with Crippen molar-refractivity contribution in [2.45, 2.75) is 26.2 Å². The van der Waals surface area contributed by atoms with Gasteiger partial charge in [-0.2, -0.15) is 0 Å². The lowest BCUT2D eigenvalue weighted by Crippen LogP contribution is -2.12. The largest absolute Gasteiger partial charge is 0.497 e. The number of anilines is 2. The number of H-pyrrole nitrogens is 1. The van der Waals surface area contributed by atoms with E-state index in [1.807, 2.05) is 62.4 Å². The number of halogens is 1. The van der Waals surface area contributed by atoms with Crippen LogP contribution in [0.2, 0.25) is 0 Å². The molecule has 2 aromatic heterocycles. The van der Waals surface area contributed by atoms with Gasteiger partial charge in [-0.1, -0.05) is 25.1 Å². The Kier molecular flexibility index (Phi) is 6.87.